The normalized spacial score (nSPS) is 15.2. The molecule has 4 aromatic rings. The van der Waals surface area contributed by atoms with Crippen LogP contribution in [0, 0.1) is 6.92 Å². The third-order valence-electron chi connectivity index (χ3n) is 5.27. The van der Waals surface area contributed by atoms with E-state index >= 15 is 0 Å². The zero-order chi connectivity index (χ0) is 21.6. The Morgan fingerprint density at radius 1 is 1.26 bits per heavy atom. The first kappa shape index (κ1) is 20.4. The van der Waals surface area contributed by atoms with Gasteiger partial charge in [-0.2, -0.15) is 0 Å². The summed E-state index contributed by atoms with van der Waals surface area (Å²) in [5, 5.41) is 4.76. The van der Waals surface area contributed by atoms with Gasteiger partial charge in [0.15, 0.2) is 0 Å². The highest BCUT2D eigenvalue weighted by atomic mass is 32.2. The van der Waals surface area contributed by atoms with E-state index in [4.69, 9.17) is 9.72 Å². The SMILES string of the molecule is Cc1ccc(NC(=O)CSc2ncnc3c2sc2nc4c(cc23)COC(C)(C)C4)cc1. The van der Waals surface area contributed by atoms with Crippen molar-refractivity contribution in [3.8, 4) is 0 Å². The lowest BCUT2D eigenvalue weighted by Gasteiger charge is -2.30. The van der Waals surface area contributed by atoms with Gasteiger partial charge in [-0.1, -0.05) is 29.5 Å². The quantitative estimate of drug-likeness (QED) is 0.343. The van der Waals surface area contributed by atoms with Gasteiger partial charge in [-0.15, -0.1) is 11.3 Å². The van der Waals surface area contributed by atoms with Crippen molar-refractivity contribution in [3.63, 3.8) is 0 Å². The predicted molar refractivity (Wildman–Crippen MR) is 126 cm³/mol. The lowest BCUT2D eigenvalue weighted by atomic mass is 9.95. The molecule has 1 aliphatic rings. The molecule has 0 bridgehead atoms. The molecule has 0 saturated heterocycles. The molecule has 31 heavy (non-hydrogen) atoms. The maximum Gasteiger partial charge on any atom is 0.234 e. The summed E-state index contributed by atoms with van der Waals surface area (Å²) in [6.45, 7) is 6.77. The molecule has 1 amide bonds. The topological polar surface area (TPSA) is 77.0 Å². The Morgan fingerprint density at radius 2 is 2.06 bits per heavy atom. The van der Waals surface area contributed by atoms with Gasteiger partial charge in [0.1, 0.15) is 16.2 Å². The standard InChI is InChI=1S/C23H22N4O2S2/c1-13-4-6-15(7-5-13)26-18(28)11-30-22-20-19(24-12-25-22)16-8-14-10-29-23(2,3)9-17(14)27-21(16)31-20/h4-8,12H,9-11H2,1-3H3,(H,26,28). The second-order valence-corrected chi connectivity index (χ2v) is 10.3. The number of benzene rings is 1. The van der Waals surface area contributed by atoms with Crippen LogP contribution in [0.1, 0.15) is 30.7 Å². The molecule has 0 saturated carbocycles. The van der Waals surface area contributed by atoms with Crippen LogP contribution in [0.4, 0.5) is 5.69 Å². The van der Waals surface area contributed by atoms with Crippen molar-refractivity contribution in [1.29, 1.82) is 0 Å². The summed E-state index contributed by atoms with van der Waals surface area (Å²) in [5.41, 5.74) is 4.86. The van der Waals surface area contributed by atoms with Crippen LogP contribution < -0.4 is 5.32 Å². The molecule has 0 fully saturated rings. The Hall–Kier alpha value is -2.55. The average molecular weight is 451 g/mol. The van der Waals surface area contributed by atoms with Crippen LogP contribution in [0.25, 0.3) is 20.4 Å². The fourth-order valence-corrected chi connectivity index (χ4v) is 5.64. The number of anilines is 1. The number of carbonyl (C=O) groups is 1. The van der Waals surface area contributed by atoms with Gasteiger partial charge < -0.3 is 10.1 Å². The molecule has 4 heterocycles. The number of nitrogens with zero attached hydrogens (tertiary/aromatic N) is 3. The van der Waals surface area contributed by atoms with E-state index in [1.54, 1.807) is 17.7 Å². The number of thiophene rings is 1. The number of aryl methyl sites for hydroxylation is 1. The van der Waals surface area contributed by atoms with Gasteiger partial charge in [0.05, 0.1) is 33.9 Å². The summed E-state index contributed by atoms with van der Waals surface area (Å²) in [6, 6.07) is 9.92. The molecule has 0 radical (unpaired) electrons. The van der Waals surface area contributed by atoms with Gasteiger partial charge in [0, 0.05) is 23.1 Å². The van der Waals surface area contributed by atoms with Crippen LogP contribution in [-0.2, 0) is 22.6 Å². The summed E-state index contributed by atoms with van der Waals surface area (Å²) < 4.78 is 6.93. The zero-order valence-corrected chi connectivity index (χ0v) is 19.2. The van der Waals surface area contributed by atoms with Crippen molar-refractivity contribution < 1.29 is 9.53 Å². The van der Waals surface area contributed by atoms with Gasteiger partial charge >= 0.3 is 0 Å². The largest absolute Gasteiger partial charge is 0.370 e. The molecule has 1 N–H and O–H groups in total. The first-order valence-corrected chi connectivity index (χ1v) is 11.9. The predicted octanol–water partition coefficient (Wildman–Crippen LogP) is 5.13. The van der Waals surface area contributed by atoms with E-state index in [0.717, 1.165) is 54.4 Å². The maximum absolute atomic E-state index is 12.4. The van der Waals surface area contributed by atoms with Crippen LogP contribution >= 0.6 is 23.1 Å². The van der Waals surface area contributed by atoms with Gasteiger partial charge in [0.25, 0.3) is 0 Å². The number of aromatic nitrogens is 3. The van der Waals surface area contributed by atoms with Gasteiger partial charge in [-0.25, -0.2) is 15.0 Å². The summed E-state index contributed by atoms with van der Waals surface area (Å²) in [6.07, 6.45) is 2.35. The van der Waals surface area contributed by atoms with Crippen molar-refractivity contribution in [3.05, 3.63) is 53.5 Å². The van der Waals surface area contributed by atoms with E-state index in [2.05, 4.69) is 35.2 Å². The summed E-state index contributed by atoms with van der Waals surface area (Å²) >= 11 is 3.01. The lowest BCUT2D eigenvalue weighted by molar-refractivity contribution is -0.113. The van der Waals surface area contributed by atoms with Crippen molar-refractivity contribution in [2.75, 3.05) is 11.1 Å². The number of fused-ring (bicyclic) bond motifs is 4. The Labute approximate surface area is 188 Å². The van der Waals surface area contributed by atoms with Crippen molar-refractivity contribution >= 4 is 55.1 Å². The van der Waals surface area contributed by atoms with E-state index in [1.807, 2.05) is 31.2 Å². The Morgan fingerprint density at radius 3 is 2.87 bits per heavy atom. The van der Waals surface area contributed by atoms with Crippen LogP contribution in [0.3, 0.4) is 0 Å². The minimum Gasteiger partial charge on any atom is -0.370 e. The molecule has 0 spiro atoms. The third kappa shape index (κ3) is 4.15. The van der Waals surface area contributed by atoms with Gasteiger partial charge in [-0.3, -0.25) is 4.79 Å². The summed E-state index contributed by atoms with van der Waals surface area (Å²) in [7, 11) is 0. The number of nitrogens with one attached hydrogen (secondary N) is 1. The summed E-state index contributed by atoms with van der Waals surface area (Å²) in [4.78, 5) is 27.3. The second kappa shape index (κ2) is 7.85. The van der Waals surface area contributed by atoms with E-state index in [0.29, 0.717) is 6.61 Å². The number of rotatable bonds is 4. The molecule has 0 unspecified atom stereocenters. The Balaban J connectivity index is 1.40. The molecular formula is C23H22N4O2S2. The van der Waals surface area contributed by atoms with Crippen molar-refractivity contribution in [2.45, 2.75) is 44.4 Å². The first-order valence-electron chi connectivity index (χ1n) is 10.1. The number of hydrogen-bond acceptors (Lipinski definition) is 7. The minimum absolute atomic E-state index is 0.0605. The Bertz CT molecular complexity index is 1300. The molecule has 5 rings (SSSR count). The third-order valence-corrected chi connectivity index (χ3v) is 7.48. The summed E-state index contributed by atoms with van der Waals surface area (Å²) in [5.74, 6) is 0.218. The number of pyridine rings is 1. The van der Waals surface area contributed by atoms with Crippen molar-refractivity contribution in [2.24, 2.45) is 0 Å². The number of carbonyl (C=O) groups excluding carboxylic acids is 1. The van der Waals surface area contributed by atoms with Gasteiger partial charge in [-0.05, 0) is 39.0 Å². The number of amides is 1. The number of ether oxygens (including phenoxy) is 1. The molecule has 6 nitrogen and oxygen atoms in total. The minimum atomic E-state index is -0.198. The van der Waals surface area contributed by atoms with Crippen LogP contribution in [0.5, 0.6) is 0 Å². The monoisotopic (exact) mass is 450 g/mol. The van der Waals surface area contributed by atoms with E-state index in [9.17, 15) is 4.79 Å². The molecule has 0 atom stereocenters. The van der Waals surface area contributed by atoms with Crippen LogP contribution in [-0.4, -0.2) is 32.2 Å². The molecule has 1 aromatic carbocycles. The molecule has 8 heteroatoms. The highest BCUT2D eigenvalue weighted by Gasteiger charge is 2.28. The zero-order valence-electron chi connectivity index (χ0n) is 17.6. The van der Waals surface area contributed by atoms with Crippen molar-refractivity contribution in [1.82, 2.24) is 15.0 Å². The molecule has 1 aliphatic heterocycles. The highest BCUT2D eigenvalue weighted by Crippen LogP contribution is 2.38. The second-order valence-electron chi connectivity index (χ2n) is 8.33. The number of hydrogen-bond donors (Lipinski definition) is 1. The smallest absolute Gasteiger partial charge is 0.234 e. The fraction of sp³-hybridized carbons (Fsp3) is 0.304. The first-order chi connectivity index (χ1) is 14.9. The molecule has 3 aromatic heterocycles. The van der Waals surface area contributed by atoms with E-state index < -0.39 is 0 Å². The average Bonchev–Trinajstić information content (AvgIpc) is 3.09. The fourth-order valence-electron chi connectivity index (χ4n) is 3.64. The van der Waals surface area contributed by atoms with Crippen LogP contribution in [0.15, 0.2) is 41.7 Å². The lowest BCUT2D eigenvalue weighted by Crippen LogP contribution is -2.32. The maximum atomic E-state index is 12.4. The molecular weight excluding hydrogens is 428 g/mol. The van der Waals surface area contributed by atoms with Crippen LogP contribution in [0.2, 0.25) is 0 Å². The Kier molecular flexibility index (Phi) is 5.16. The van der Waals surface area contributed by atoms with E-state index in [1.165, 1.54) is 11.8 Å². The molecule has 0 aliphatic carbocycles. The van der Waals surface area contributed by atoms with E-state index in [-0.39, 0.29) is 17.3 Å². The highest BCUT2D eigenvalue weighted by molar-refractivity contribution is 8.00. The van der Waals surface area contributed by atoms with Gasteiger partial charge in [0.2, 0.25) is 5.91 Å². The number of thioether (sulfide) groups is 1. The molecule has 158 valence electrons.